The van der Waals surface area contributed by atoms with Gasteiger partial charge in [0, 0.05) is 51.3 Å². The van der Waals surface area contributed by atoms with E-state index in [1.165, 1.54) is 22.3 Å². The SMILES string of the molecule is Cc1ccc(COc2ccc(Oc3c(C)cc(/C=C/C(=O)N4CCN(Cc5ccc(CC(C)Oc6ccc(C)cc6)cc5)CC4)cc3Cl)nc2)cc1. The number of hydrogen-bond acceptors (Lipinski definition) is 6. The third-order valence-corrected chi connectivity index (χ3v) is 9.39. The van der Waals surface area contributed by atoms with E-state index in [2.05, 4.69) is 91.3 Å². The van der Waals surface area contributed by atoms with Crippen LogP contribution in [-0.2, 0) is 24.4 Å². The fraction of sp³-hybridized carbons (Fsp3) is 0.273. The monoisotopic (exact) mass is 715 g/mol. The van der Waals surface area contributed by atoms with Crippen LogP contribution in [0.3, 0.4) is 0 Å². The van der Waals surface area contributed by atoms with Crippen LogP contribution in [0, 0.1) is 20.8 Å². The minimum Gasteiger partial charge on any atom is -0.490 e. The molecule has 5 aromatic rings. The molecule has 268 valence electrons. The lowest BCUT2D eigenvalue weighted by atomic mass is 10.1. The Morgan fingerprint density at radius 1 is 0.808 bits per heavy atom. The number of aromatic nitrogens is 1. The molecule has 0 aliphatic carbocycles. The normalized spacial score (nSPS) is 14.0. The Labute approximate surface area is 312 Å². The molecule has 2 heterocycles. The Balaban J connectivity index is 0.938. The molecule has 1 aliphatic rings. The number of carbonyl (C=O) groups is 1. The first kappa shape index (κ1) is 36.7. The van der Waals surface area contributed by atoms with Gasteiger partial charge in [-0.3, -0.25) is 9.69 Å². The molecule has 4 aromatic carbocycles. The second-order valence-corrected chi connectivity index (χ2v) is 14.0. The van der Waals surface area contributed by atoms with Gasteiger partial charge in [-0.2, -0.15) is 0 Å². The Morgan fingerprint density at radius 2 is 1.44 bits per heavy atom. The van der Waals surface area contributed by atoms with E-state index in [-0.39, 0.29) is 12.0 Å². The van der Waals surface area contributed by atoms with E-state index in [9.17, 15) is 4.79 Å². The number of aryl methyl sites for hydroxylation is 3. The molecule has 0 spiro atoms. The van der Waals surface area contributed by atoms with Gasteiger partial charge in [0.15, 0.2) is 5.75 Å². The maximum Gasteiger partial charge on any atom is 0.246 e. The second-order valence-electron chi connectivity index (χ2n) is 13.6. The highest BCUT2D eigenvalue weighted by molar-refractivity contribution is 6.32. The average Bonchev–Trinajstić information content (AvgIpc) is 3.14. The molecule has 1 amide bonds. The van der Waals surface area contributed by atoms with Crippen LogP contribution in [0.1, 0.15) is 45.9 Å². The molecule has 1 fully saturated rings. The summed E-state index contributed by atoms with van der Waals surface area (Å²) in [5.41, 5.74) is 7.72. The van der Waals surface area contributed by atoms with Crippen molar-refractivity contribution >= 4 is 23.6 Å². The van der Waals surface area contributed by atoms with Crippen molar-refractivity contribution in [3.63, 3.8) is 0 Å². The second kappa shape index (κ2) is 17.4. The van der Waals surface area contributed by atoms with Crippen molar-refractivity contribution < 1.29 is 19.0 Å². The first-order valence-corrected chi connectivity index (χ1v) is 18.2. The zero-order valence-corrected chi connectivity index (χ0v) is 31.1. The fourth-order valence-corrected chi connectivity index (χ4v) is 6.43. The zero-order valence-electron chi connectivity index (χ0n) is 30.3. The van der Waals surface area contributed by atoms with Gasteiger partial charge in [-0.1, -0.05) is 83.4 Å². The Bertz CT molecular complexity index is 1930. The molecule has 0 bridgehead atoms. The van der Waals surface area contributed by atoms with Crippen molar-refractivity contribution in [2.45, 2.75) is 53.4 Å². The van der Waals surface area contributed by atoms with Crippen molar-refractivity contribution in [1.29, 1.82) is 0 Å². The summed E-state index contributed by atoms with van der Waals surface area (Å²) in [6.45, 7) is 12.5. The lowest BCUT2D eigenvalue weighted by Crippen LogP contribution is -2.47. The Hall–Kier alpha value is -5.11. The number of ether oxygens (including phenoxy) is 3. The molecule has 1 aromatic heterocycles. The van der Waals surface area contributed by atoms with E-state index in [1.807, 2.05) is 42.2 Å². The van der Waals surface area contributed by atoms with Crippen LogP contribution in [0.5, 0.6) is 23.1 Å². The van der Waals surface area contributed by atoms with Gasteiger partial charge in [0.1, 0.15) is 18.1 Å². The molecule has 7 nitrogen and oxygen atoms in total. The number of rotatable bonds is 13. The lowest BCUT2D eigenvalue weighted by molar-refractivity contribution is -0.127. The highest BCUT2D eigenvalue weighted by atomic mass is 35.5. The highest BCUT2D eigenvalue weighted by Crippen LogP contribution is 2.34. The number of pyridine rings is 1. The minimum absolute atomic E-state index is 0.00559. The maximum atomic E-state index is 13.1. The van der Waals surface area contributed by atoms with Crippen LogP contribution in [0.25, 0.3) is 6.08 Å². The molecule has 1 aliphatic heterocycles. The third-order valence-electron chi connectivity index (χ3n) is 9.11. The van der Waals surface area contributed by atoms with Gasteiger partial charge in [0.2, 0.25) is 11.8 Å². The molecule has 6 rings (SSSR count). The van der Waals surface area contributed by atoms with Gasteiger partial charge < -0.3 is 19.1 Å². The van der Waals surface area contributed by atoms with E-state index in [1.54, 1.807) is 24.4 Å². The molecule has 0 N–H and O–H groups in total. The molecule has 1 unspecified atom stereocenters. The van der Waals surface area contributed by atoms with Gasteiger partial charge in [0.05, 0.1) is 17.3 Å². The summed E-state index contributed by atoms with van der Waals surface area (Å²) in [5.74, 6) is 2.49. The summed E-state index contributed by atoms with van der Waals surface area (Å²) in [6.07, 6.45) is 6.01. The first-order valence-electron chi connectivity index (χ1n) is 17.8. The molecule has 1 atom stereocenters. The van der Waals surface area contributed by atoms with E-state index in [0.29, 0.717) is 42.1 Å². The summed E-state index contributed by atoms with van der Waals surface area (Å²) in [4.78, 5) is 21.8. The molecule has 52 heavy (non-hydrogen) atoms. The number of piperazine rings is 1. The number of carbonyl (C=O) groups excluding carboxylic acids is 1. The average molecular weight is 716 g/mol. The molecular weight excluding hydrogens is 670 g/mol. The molecule has 1 saturated heterocycles. The summed E-state index contributed by atoms with van der Waals surface area (Å²) >= 11 is 6.64. The van der Waals surface area contributed by atoms with E-state index >= 15 is 0 Å². The van der Waals surface area contributed by atoms with Crippen LogP contribution in [0.2, 0.25) is 5.02 Å². The van der Waals surface area contributed by atoms with Crippen molar-refractivity contribution in [3.8, 4) is 23.1 Å². The van der Waals surface area contributed by atoms with Crippen LogP contribution >= 0.6 is 11.6 Å². The predicted molar refractivity (Wildman–Crippen MR) is 208 cm³/mol. The van der Waals surface area contributed by atoms with E-state index in [0.717, 1.165) is 48.5 Å². The standard InChI is InChI=1S/C44H46ClN3O4/c1-31-5-9-37(10-6-31)30-50-40-18-19-42(46-28-40)52-44-33(3)25-38(27-41(44)45)15-20-43(49)48-23-21-47(22-24-48)29-36-13-11-35(12-14-36)26-34(4)51-39-16-7-32(2)8-17-39/h5-20,25,27-28,34H,21-24,26,29-30H2,1-4H3/b20-15+. The Morgan fingerprint density at radius 3 is 2.10 bits per heavy atom. The van der Waals surface area contributed by atoms with Crippen LogP contribution < -0.4 is 14.2 Å². The van der Waals surface area contributed by atoms with Crippen molar-refractivity contribution in [3.05, 3.63) is 153 Å². The van der Waals surface area contributed by atoms with Crippen molar-refractivity contribution in [2.24, 2.45) is 0 Å². The van der Waals surface area contributed by atoms with Gasteiger partial charge in [-0.25, -0.2) is 4.98 Å². The number of benzene rings is 4. The first-order chi connectivity index (χ1) is 25.2. The predicted octanol–water partition coefficient (Wildman–Crippen LogP) is 9.40. The maximum absolute atomic E-state index is 13.1. The largest absolute Gasteiger partial charge is 0.490 e. The number of nitrogens with zero attached hydrogens (tertiary/aromatic N) is 3. The van der Waals surface area contributed by atoms with Crippen LogP contribution in [0.4, 0.5) is 0 Å². The van der Waals surface area contributed by atoms with Gasteiger partial charge >= 0.3 is 0 Å². The smallest absolute Gasteiger partial charge is 0.246 e. The number of amides is 1. The van der Waals surface area contributed by atoms with Gasteiger partial charge in [-0.15, -0.1) is 0 Å². The van der Waals surface area contributed by atoms with Crippen molar-refractivity contribution in [2.75, 3.05) is 26.2 Å². The van der Waals surface area contributed by atoms with Gasteiger partial charge in [0.25, 0.3) is 0 Å². The third kappa shape index (κ3) is 10.5. The minimum atomic E-state index is -0.00559. The van der Waals surface area contributed by atoms with Gasteiger partial charge in [-0.05, 0) is 91.9 Å². The molecular formula is C44H46ClN3O4. The number of halogens is 1. The topological polar surface area (TPSA) is 64.1 Å². The summed E-state index contributed by atoms with van der Waals surface area (Å²) in [6, 6.07) is 32.5. The van der Waals surface area contributed by atoms with E-state index < -0.39 is 0 Å². The van der Waals surface area contributed by atoms with Crippen LogP contribution in [0.15, 0.2) is 109 Å². The summed E-state index contributed by atoms with van der Waals surface area (Å²) < 4.78 is 18.0. The Kier molecular flexibility index (Phi) is 12.3. The van der Waals surface area contributed by atoms with Crippen molar-refractivity contribution in [1.82, 2.24) is 14.8 Å². The molecule has 0 saturated carbocycles. The highest BCUT2D eigenvalue weighted by Gasteiger charge is 2.20. The molecule has 0 radical (unpaired) electrons. The fourth-order valence-electron chi connectivity index (χ4n) is 6.11. The van der Waals surface area contributed by atoms with E-state index in [4.69, 9.17) is 25.8 Å². The lowest BCUT2D eigenvalue weighted by Gasteiger charge is -2.34. The number of hydrogen-bond donors (Lipinski definition) is 0. The quantitative estimate of drug-likeness (QED) is 0.113. The van der Waals surface area contributed by atoms with Crippen LogP contribution in [-0.4, -0.2) is 53.0 Å². The summed E-state index contributed by atoms with van der Waals surface area (Å²) in [7, 11) is 0. The summed E-state index contributed by atoms with van der Waals surface area (Å²) in [5, 5.41) is 0.445. The zero-order chi connectivity index (χ0) is 36.5. The molecule has 8 heteroatoms.